The lowest BCUT2D eigenvalue weighted by Crippen LogP contribution is -2.27. The Morgan fingerprint density at radius 1 is 0.850 bits per heavy atom. The minimum atomic E-state index is 0.125. The molecule has 0 aliphatic carbocycles. The molecule has 2 aromatic rings. The Hall–Kier alpha value is -2.29. The summed E-state index contributed by atoms with van der Waals surface area (Å²) in [5.41, 5.74) is 2.82. The molecule has 102 valence electrons. The average Bonchev–Trinajstić information content (AvgIpc) is 3.02. The topological polar surface area (TPSA) is 40.5 Å². The van der Waals surface area contributed by atoms with Gasteiger partial charge in [0.2, 0.25) is 0 Å². The van der Waals surface area contributed by atoms with Crippen molar-refractivity contribution in [3.63, 3.8) is 0 Å². The number of carbonyl (C=O) groups is 1. The first kappa shape index (κ1) is 12.7. The first-order valence-corrected chi connectivity index (χ1v) is 6.93. The highest BCUT2D eigenvalue weighted by atomic mass is 16.3. The van der Waals surface area contributed by atoms with E-state index in [1.807, 2.05) is 41.3 Å². The van der Waals surface area contributed by atoms with E-state index in [0.29, 0.717) is 0 Å². The normalized spacial score (nSPS) is 14.5. The van der Waals surface area contributed by atoms with Crippen LogP contribution in [-0.4, -0.2) is 29.0 Å². The molecule has 1 aliphatic rings. The van der Waals surface area contributed by atoms with Crippen LogP contribution in [0.4, 0.5) is 0 Å². The van der Waals surface area contributed by atoms with Crippen LogP contribution in [0.2, 0.25) is 0 Å². The summed E-state index contributed by atoms with van der Waals surface area (Å²) in [7, 11) is 0. The summed E-state index contributed by atoms with van der Waals surface area (Å²) in [5.74, 6) is 0.384. The van der Waals surface area contributed by atoms with Crippen LogP contribution in [-0.2, 0) is 0 Å². The lowest BCUT2D eigenvalue weighted by Gasteiger charge is -2.15. The number of aromatic hydroxyl groups is 1. The van der Waals surface area contributed by atoms with Crippen molar-refractivity contribution >= 4 is 5.91 Å². The molecular formula is C17H17NO2. The van der Waals surface area contributed by atoms with Crippen molar-refractivity contribution in [1.82, 2.24) is 4.90 Å². The number of phenols is 1. The molecule has 0 bridgehead atoms. The maximum Gasteiger partial charge on any atom is 0.253 e. The van der Waals surface area contributed by atoms with Gasteiger partial charge in [0.15, 0.2) is 0 Å². The first-order valence-electron chi connectivity index (χ1n) is 6.93. The van der Waals surface area contributed by atoms with Crippen LogP contribution in [0.25, 0.3) is 11.1 Å². The highest BCUT2D eigenvalue weighted by Gasteiger charge is 2.19. The fourth-order valence-electron chi connectivity index (χ4n) is 2.56. The summed E-state index contributed by atoms with van der Waals surface area (Å²) in [4.78, 5) is 14.1. The third-order valence-electron chi connectivity index (χ3n) is 3.73. The molecule has 1 heterocycles. The molecule has 3 rings (SSSR count). The Bertz CT molecular complexity index is 596. The second-order valence-corrected chi connectivity index (χ2v) is 5.12. The summed E-state index contributed by atoms with van der Waals surface area (Å²) in [5, 5.41) is 9.29. The van der Waals surface area contributed by atoms with Gasteiger partial charge >= 0.3 is 0 Å². The van der Waals surface area contributed by atoms with Crippen molar-refractivity contribution in [2.45, 2.75) is 12.8 Å². The average molecular weight is 267 g/mol. The zero-order valence-corrected chi connectivity index (χ0v) is 11.2. The quantitative estimate of drug-likeness (QED) is 0.907. The van der Waals surface area contributed by atoms with Crippen LogP contribution in [0.5, 0.6) is 5.75 Å². The summed E-state index contributed by atoms with van der Waals surface area (Å²) < 4.78 is 0. The van der Waals surface area contributed by atoms with Gasteiger partial charge in [-0.3, -0.25) is 4.79 Å². The molecule has 0 radical (unpaired) electrons. The monoisotopic (exact) mass is 267 g/mol. The Morgan fingerprint density at radius 3 is 1.90 bits per heavy atom. The molecule has 0 aromatic heterocycles. The number of carbonyl (C=O) groups excluding carboxylic acids is 1. The van der Waals surface area contributed by atoms with E-state index < -0.39 is 0 Å². The largest absolute Gasteiger partial charge is 0.508 e. The summed E-state index contributed by atoms with van der Waals surface area (Å²) >= 11 is 0. The molecular weight excluding hydrogens is 250 g/mol. The minimum absolute atomic E-state index is 0.125. The number of amides is 1. The molecule has 1 amide bonds. The number of nitrogens with zero attached hydrogens (tertiary/aromatic N) is 1. The van der Waals surface area contributed by atoms with Crippen molar-refractivity contribution in [3.8, 4) is 16.9 Å². The van der Waals surface area contributed by atoms with E-state index >= 15 is 0 Å². The number of rotatable bonds is 2. The fraction of sp³-hybridized carbons (Fsp3) is 0.235. The van der Waals surface area contributed by atoms with Crippen molar-refractivity contribution in [2.24, 2.45) is 0 Å². The fourth-order valence-corrected chi connectivity index (χ4v) is 2.56. The maximum atomic E-state index is 12.2. The summed E-state index contributed by atoms with van der Waals surface area (Å²) in [6.07, 6.45) is 2.22. The molecule has 1 fully saturated rings. The number of benzene rings is 2. The van der Waals surface area contributed by atoms with Gasteiger partial charge in [-0.15, -0.1) is 0 Å². The van der Waals surface area contributed by atoms with Crippen LogP contribution in [0.3, 0.4) is 0 Å². The highest BCUT2D eigenvalue weighted by Crippen LogP contribution is 2.23. The standard InChI is InChI=1S/C17H17NO2/c19-16-9-7-14(8-10-16)13-3-5-15(6-4-13)17(20)18-11-1-2-12-18/h3-10,19H,1-2,11-12H2. The van der Waals surface area contributed by atoms with Gasteiger partial charge in [-0.1, -0.05) is 24.3 Å². The van der Waals surface area contributed by atoms with Crippen LogP contribution in [0.15, 0.2) is 48.5 Å². The Labute approximate surface area is 118 Å². The molecule has 2 aromatic carbocycles. The third-order valence-corrected chi connectivity index (χ3v) is 3.73. The third kappa shape index (κ3) is 2.52. The molecule has 1 aliphatic heterocycles. The molecule has 0 unspecified atom stereocenters. The minimum Gasteiger partial charge on any atom is -0.508 e. The Balaban J connectivity index is 1.80. The maximum absolute atomic E-state index is 12.2. The Morgan fingerprint density at radius 2 is 1.35 bits per heavy atom. The van der Waals surface area contributed by atoms with Crippen LogP contribution in [0.1, 0.15) is 23.2 Å². The van der Waals surface area contributed by atoms with Gasteiger partial charge < -0.3 is 10.0 Å². The molecule has 1 saturated heterocycles. The van der Waals surface area contributed by atoms with E-state index in [2.05, 4.69) is 0 Å². The molecule has 20 heavy (non-hydrogen) atoms. The van der Waals surface area contributed by atoms with Crippen LogP contribution in [0, 0.1) is 0 Å². The SMILES string of the molecule is O=C(c1ccc(-c2ccc(O)cc2)cc1)N1CCCC1. The highest BCUT2D eigenvalue weighted by molar-refractivity contribution is 5.94. The summed E-state index contributed by atoms with van der Waals surface area (Å²) in [6.45, 7) is 1.75. The van der Waals surface area contributed by atoms with Crippen molar-refractivity contribution in [2.75, 3.05) is 13.1 Å². The zero-order valence-electron chi connectivity index (χ0n) is 11.2. The number of hydrogen-bond donors (Lipinski definition) is 1. The number of hydrogen-bond acceptors (Lipinski definition) is 2. The molecule has 3 heteroatoms. The van der Waals surface area contributed by atoms with Gasteiger partial charge in [0.05, 0.1) is 0 Å². The Kier molecular flexibility index (Phi) is 3.42. The van der Waals surface area contributed by atoms with Gasteiger partial charge in [-0.25, -0.2) is 0 Å². The lowest BCUT2D eigenvalue weighted by molar-refractivity contribution is 0.0793. The summed E-state index contributed by atoms with van der Waals surface area (Å²) in [6, 6.07) is 14.7. The predicted octanol–water partition coefficient (Wildman–Crippen LogP) is 3.30. The molecule has 3 nitrogen and oxygen atoms in total. The second kappa shape index (κ2) is 5.37. The van der Waals surface area contributed by atoms with E-state index in [1.165, 1.54) is 0 Å². The number of likely N-dealkylation sites (tertiary alicyclic amines) is 1. The molecule has 0 atom stereocenters. The van der Waals surface area contributed by atoms with Crippen molar-refractivity contribution in [1.29, 1.82) is 0 Å². The molecule has 1 N–H and O–H groups in total. The van der Waals surface area contributed by atoms with Crippen molar-refractivity contribution < 1.29 is 9.90 Å². The van der Waals surface area contributed by atoms with Gasteiger partial charge in [-0.2, -0.15) is 0 Å². The number of phenolic OH excluding ortho intramolecular Hbond substituents is 1. The van der Waals surface area contributed by atoms with Gasteiger partial charge in [0.25, 0.3) is 5.91 Å². The van der Waals surface area contributed by atoms with E-state index in [1.54, 1.807) is 12.1 Å². The first-order chi connectivity index (χ1) is 9.74. The second-order valence-electron chi connectivity index (χ2n) is 5.12. The van der Waals surface area contributed by atoms with Crippen molar-refractivity contribution in [3.05, 3.63) is 54.1 Å². The lowest BCUT2D eigenvalue weighted by atomic mass is 10.0. The van der Waals surface area contributed by atoms with Crippen LogP contribution >= 0.6 is 0 Å². The van der Waals surface area contributed by atoms with Gasteiger partial charge in [0.1, 0.15) is 5.75 Å². The smallest absolute Gasteiger partial charge is 0.253 e. The zero-order chi connectivity index (χ0) is 13.9. The van der Waals surface area contributed by atoms with E-state index in [0.717, 1.165) is 42.6 Å². The van der Waals surface area contributed by atoms with E-state index in [9.17, 15) is 9.90 Å². The molecule has 0 spiro atoms. The molecule has 0 saturated carbocycles. The van der Waals surface area contributed by atoms with E-state index in [-0.39, 0.29) is 11.7 Å². The van der Waals surface area contributed by atoms with Gasteiger partial charge in [0, 0.05) is 18.7 Å². The predicted molar refractivity (Wildman–Crippen MR) is 78.7 cm³/mol. The van der Waals surface area contributed by atoms with Crippen LogP contribution < -0.4 is 0 Å². The van der Waals surface area contributed by atoms with Gasteiger partial charge in [-0.05, 0) is 48.2 Å². The van der Waals surface area contributed by atoms with E-state index in [4.69, 9.17) is 0 Å².